The molecule has 1 aromatic heterocycles. The van der Waals surface area contributed by atoms with Crippen molar-refractivity contribution in [1.82, 2.24) is 4.98 Å². The summed E-state index contributed by atoms with van der Waals surface area (Å²) in [4.78, 5) is 16.0. The van der Waals surface area contributed by atoms with Gasteiger partial charge in [-0.25, -0.2) is 4.98 Å². The van der Waals surface area contributed by atoms with Gasteiger partial charge in [0, 0.05) is 18.8 Å². The highest BCUT2D eigenvalue weighted by Crippen LogP contribution is 2.37. The van der Waals surface area contributed by atoms with Crippen LogP contribution >= 0.6 is 0 Å². The zero-order valence-corrected chi connectivity index (χ0v) is 10.0. The summed E-state index contributed by atoms with van der Waals surface area (Å²) in [6.45, 7) is 0.401. The predicted octanol–water partition coefficient (Wildman–Crippen LogP) is 2.54. The van der Waals surface area contributed by atoms with Crippen molar-refractivity contribution in [2.75, 3.05) is 11.4 Å². The number of carboxylic acid groups (broad SMARTS) is 1. The summed E-state index contributed by atoms with van der Waals surface area (Å²) >= 11 is 0. The van der Waals surface area contributed by atoms with Crippen LogP contribution in [0.1, 0.15) is 24.8 Å². The van der Waals surface area contributed by atoms with E-state index >= 15 is 0 Å². The number of alkyl halides is 3. The van der Waals surface area contributed by atoms with E-state index in [0.29, 0.717) is 19.4 Å². The maximum Gasteiger partial charge on any atom is 0.419 e. The van der Waals surface area contributed by atoms with Crippen LogP contribution in [0.15, 0.2) is 18.3 Å². The molecule has 19 heavy (non-hydrogen) atoms. The van der Waals surface area contributed by atoms with E-state index in [9.17, 15) is 18.0 Å². The summed E-state index contributed by atoms with van der Waals surface area (Å²) in [6, 6.07) is 1.78. The van der Waals surface area contributed by atoms with Crippen LogP contribution in [0.4, 0.5) is 19.0 Å². The smallest absolute Gasteiger partial charge is 0.419 e. The average Bonchev–Trinajstić information content (AvgIpc) is 2.75. The molecule has 1 saturated heterocycles. The van der Waals surface area contributed by atoms with Gasteiger partial charge >= 0.3 is 12.1 Å². The fourth-order valence-electron chi connectivity index (χ4n) is 2.38. The number of aliphatic carboxylic acids is 1. The minimum atomic E-state index is -4.49. The van der Waals surface area contributed by atoms with Crippen LogP contribution < -0.4 is 4.90 Å². The fraction of sp³-hybridized carbons (Fsp3) is 0.500. The van der Waals surface area contributed by atoms with Gasteiger partial charge in [0.1, 0.15) is 5.82 Å². The predicted molar refractivity (Wildman–Crippen MR) is 61.9 cm³/mol. The second kappa shape index (κ2) is 5.07. The number of anilines is 1. The molecule has 1 fully saturated rings. The molecule has 2 heterocycles. The van der Waals surface area contributed by atoms with Gasteiger partial charge in [0.15, 0.2) is 0 Å². The molecule has 0 saturated carbocycles. The van der Waals surface area contributed by atoms with Crippen molar-refractivity contribution in [2.45, 2.75) is 31.5 Å². The molecule has 1 aliphatic heterocycles. The topological polar surface area (TPSA) is 53.4 Å². The second-order valence-corrected chi connectivity index (χ2v) is 4.46. The third-order valence-electron chi connectivity index (χ3n) is 3.15. The van der Waals surface area contributed by atoms with Crippen LogP contribution in [0.2, 0.25) is 0 Å². The number of hydrogen-bond donors (Lipinski definition) is 1. The molecule has 0 bridgehead atoms. The minimum Gasteiger partial charge on any atom is -0.481 e. The van der Waals surface area contributed by atoms with Crippen LogP contribution in [0.25, 0.3) is 0 Å². The molecule has 1 atom stereocenters. The van der Waals surface area contributed by atoms with Crippen molar-refractivity contribution in [2.24, 2.45) is 0 Å². The summed E-state index contributed by atoms with van der Waals surface area (Å²) < 4.78 is 38.7. The number of nitrogens with zero attached hydrogens (tertiary/aromatic N) is 2. The lowest BCUT2D eigenvalue weighted by atomic mass is 10.1. The van der Waals surface area contributed by atoms with Crippen LogP contribution in [0, 0.1) is 0 Å². The van der Waals surface area contributed by atoms with Gasteiger partial charge in [-0.3, -0.25) is 4.79 Å². The van der Waals surface area contributed by atoms with Gasteiger partial charge in [-0.15, -0.1) is 0 Å². The standard InChI is InChI=1S/C12H13F3N2O2/c13-12(14,15)9-4-1-5-16-11(9)17-6-2-3-8(17)7-10(18)19/h1,4-5,8H,2-3,6-7H2,(H,18,19). The van der Waals surface area contributed by atoms with Gasteiger partial charge in [-0.2, -0.15) is 13.2 Å². The number of rotatable bonds is 3. The first-order chi connectivity index (χ1) is 8.89. The van der Waals surface area contributed by atoms with E-state index in [0.717, 1.165) is 6.07 Å². The summed E-state index contributed by atoms with van der Waals surface area (Å²) in [7, 11) is 0. The molecule has 0 radical (unpaired) electrons. The lowest BCUT2D eigenvalue weighted by Gasteiger charge is -2.27. The van der Waals surface area contributed by atoms with Gasteiger partial charge in [0.25, 0.3) is 0 Å². The quantitative estimate of drug-likeness (QED) is 0.920. The number of carboxylic acids is 1. The van der Waals surface area contributed by atoms with E-state index in [1.54, 1.807) is 0 Å². The third kappa shape index (κ3) is 2.97. The van der Waals surface area contributed by atoms with Crippen molar-refractivity contribution >= 4 is 11.8 Å². The number of carbonyl (C=O) groups is 1. The minimum absolute atomic E-state index is 0.168. The Morgan fingerprint density at radius 2 is 2.26 bits per heavy atom. The molecule has 1 aliphatic rings. The molecule has 0 aromatic carbocycles. The Morgan fingerprint density at radius 3 is 2.89 bits per heavy atom. The summed E-state index contributed by atoms with van der Waals surface area (Å²) in [5.74, 6) is -1.18. The Hall–Kier alpha value is -1.79. The van der Waals surface area contributed by atoms with Crippen molar-refractivity contribution < 1.29 is 23.1 Å². The lowest BCUT2D eigenvalue weighted by Crippen LogP contribution is -2.33. The SMILES string of the molecule is O=C(O)CC1CCCN1c1ncccc1C(F)(F)F. The number of hydrogen-bond acceptors (Lipinski definition) is 3. The van der Waals surface area contributed by atoms with Gasteiger partial charge in [-0.05, 0) is 25.0 Å². The fourth-order valence-corrected chi connectivity index (χ4v) is 2.38. The number of aromatic nitrogens is 1. The highest BCUT2D eigenvalue weighted by molar-refractivity contribution is 5.68. The summed E-state index contributed by atoms with van der Waals surface area (Å²) in [5, 5.41) is 8.80. The molecular formula is C12H13F3N2O2. The normalized spacial score (nSPS) is 19.7. The highest BCUT2D eigenvalue weighted by Gasteiger charge is 2.38. The maximum atomic E-state index is 12.9. The number of pyridine rings is 1. The van der Waals surface area contributed by atoms with E-state index in [1.165, 1.54) is 17.2 Å². The zero-order chi connectivity index (χ0) is 14.0. The zero-order valence-electron chi connectivity index (χ0n) is 10.0. The Balaban J connectivity index is 2.33. The monoisotopic (exact) mass is 274 g/mol. The Bertz CT molecular complexity index is 476. The molecular weight excluding hydrogens is 261 g/mol. The number of halogens is 3. The van der Waals surface area contributed by atoms with E-state index in [1.807, 2.05) is 0 Å². The molecule has 1 unspecified atom stereocenters. The molecule has 0 aliphatic carbocycles. The van der Waals surface area contributed by atoms with E-state index in [2.05, 4.69) is 4.98 Å². The Kier molecular flexibility index (Phi) is 3.64. The van der Waals surface area contributed by atoms with Crippen LogP contribution in [-0.4, -0.2) is 28.6 Å². The van der Waals surface area contributed by atoms with Gasteiger partial charge in [-0.1, -0.05) is 0 Å². The molecule has 7 heteroatoms. The third-order valence-corrected chi connectivity index (χ3v) is 3.15. The van der Waals surface area contributed by atoms with E-state index in [4.69, 9.17) is 5.11 Å². The van der Waals surface area contributed by atoms with Gasteiger partial charge < -0.3 is 10.0 Å². The molecule has 0 spiro atoms. The Morgan fingerprint density at radius 1 is 1.53 bits per heavy atom. The summed E-state index contributed by atoms with van der Waals surface area (Å²) in [6.07, 6.45) is -2.12. The first kappa shape index (κ1) is 13.6. The largest absolute Gasteiger partial charge is 0.481 e. The molecule has 1 N–H and O–H groups in total. The average molecular weight is 274 g/mol. The highest BCUT2D eigenvalue weighted by atomic mass is 19.4. The van der Waals surface area contributed by atoms with Crippen molar-refractivity contribution in [3.63, 3.8) is 0 Å². The first-order valence-electron chi connectivity index (χ1n) is 5.90. The second-order valence-electron chi connectivity index (χ2n) is 4.46. The van der Waals surface area contributed by atoms with Crippen molar-refractivity contribution in [3.8, 4) is 0 Å². The maximum absolute atomic E-state index is 12.9. The molecule has 1 aromatic rings. The lowest BCUT2D eigenvalue weighted by molar-refractivity contribution is -0.137. The molecule has 0 amide bonds. The van der Waals surface area contributed by atoms with Crippen LogP contribution in [0.5, 0.6) is 0 Å². The Labute approximate surface area is 107 Å². The molecule has 4 nitrogen and oxygen atoms in total. The van der Waals surface area contributed by atoms with Crippen molar-refractivity contribution in [3.05, 3.63) is 23.9 Å². The first-order valence-corrected chi connectivity index (χ1v) is 5.90. The van der Waals surface area contributed by atoms with Crippen molar-refractivity contribution in [1.29, 1.82) is 0 Å². The van der Waals surface area contributed by atoms with E-state index in [-0.39, 0.29) is 12.2 Å². The van der Waals surface area contributed by atoms with Gasteiger partial charge in [0.05, 0.1) is 12.0 Å². The van der Waals surface area contributed by atoms with Crippen LogP contribution in [0.3, 0.4) is 0 Å². The molecule has 2 rings (SSSR count). The summed E-state index contributed by atoms with van der Waals surface area (Å²) in [5.41, 5.74) is -0.813. The van der Waals surface area contributed by atoms with Gasteiger partial charge in [0.2, 0.25) is 0 Å². The van der Waals surface area contributed by atoms with E-state index < -0.39 is 23.8 Å². The van der Waals surface area contributed by atoms with Crippen LogP contribution in [-0.2, 0) is 11.0 Å². The molecule has 104 valence electrons.